The maximum absolute atomic E-state index is 12.6. The number of aliphatic hydroxyl groups is 1. The fourth-order valence-corrected chi connectivity index (χ4v) is 4.28. The summed E-state index contributed by atoms with van der Waals surface area (Å²) in [5.74, 6) is -2.14. The van der Waals surface area contributed by atoms with E-state index >= 15 is 0 Å². The Morgan fingerprint density at radius 3 is 2.20 bits per heavy atom. The molecule has 1 aliphatic carbocycles. The van der Waals surface area contributed by atoms with Crippen LogP contribution in [0.15, 0.2) is 71.2 Å². The molecule has 3 aromatic carbocycles. The number of hydrogen-bond donors (Lipinski definition) is 4. The largest absolute Gasteiger partial charge is 0.479 e. The highest BCUT2D eigenvalue weighted by molar-refractivity contribution is 9.10. The van der Waals surface area contributed by atoms with E-state index in [0.29, 0.717) is 10.2 Å². The van der Waals surface area contributed by atoms with Crippen molar-refractivity contribution in [3.63, 3.8) is 0 Å². The van der Waals surface area contributed by atoms with E-state index in [9.17, 15) is 19.5 Å². The number of ether oxygens (including phenoxy) is 1. The number of amides is 2. The molecule has 1 aliphatic rings. The molecule has 0 saturated heterocycles. The standard InChI is InChI=1S/C26H23BrN2O6/c1-26(34,24(31)32)14-28-23(30)15-10-11-21(27)22(12-15)29-25(33)35-13-20-18-8-4-2-6-16(18)17-7-3-5-9-19(17)20/h2-12,20,34H,13-14H2,1H3,(H,28,30)(H,29,33)(H,31,32). The van der Waals surface area contributed by atoms with Gasteiger partial charge in [-0.2, -0.15) is 0 Å². The maximum Gasteiger partial charge on any atom is 0.411 e. The Labute approximate surface area is 210 Å². The number of nitrogens with one attached hydrogen (secondary N) is 2. The van der Waals surface area contributed by atoms with E-state index in [4.69, 9.17) is 9.84 Å². The molecule has 0 heterocycles. The summed E-state index contributed by atoms with van der Waals surface area (Å²) in [7, 11) is 0. The lowest BCUT2D eigenvalue weighted by atomic mass is 9.98. The first-order chi connectivity index (χ1) is 16.7. The molecule has 4 N–H and O–H groups in total. The number of anilines is 1. The van der Waals surface area contributed by atoms with Crippen molar-refractivity contribution >= 4 is 39.6 Å². The van der Waals surface area contributed by atoms with E-state index in [-0.39, 0.29) is 18.1 Å². The van der Waals surface area contributed by atoms with Gasteiger partial charge in [0, 0.05) is 16.0 Å². The highest BCUT2D eigenvalue weighted by Crippen LogP contribution is 2.44. The summed E-state index contributed by atoms with van der Waals surface area (Å²) in [4.78, 5) is 36.0. The minimum Gasteiger partial charge on any atom is -0.479 e. The lowest BCUT2D eigenvalue weighted by Crippen LogP contribution is -2.46. The molecular formula is C26H23BrN2O6. The monoisotopic (exact) mass is 538 g/mol. The lowest BCUT2D eigenvalue weighted by Gasteiger charge is -2.18. The molecule has 0 aliphatic heterocycles. The average Bonchev–Trinajstić information content (AvgIpc) is 3.16. The van der Waals surface area contributed by atoms with Crippen LogP contribution in [0.2, 0.25) is 0 Å². The van der Waals surface area contributed by atoms with E-state index in [0.717, 1.165) is 29.2 Å². The Bertz CT molecular complexity index is 1260. The maximum atomic E-state index is 12.6. The fourth-order valence-electron chi connectivity index (χ4n) is 3.94. The van der Waals surface area contributed by atoms with E-state index in [2.05, 4.69) is 38.7 Å². The molecule has 0 saturated carbocycles. The highest BCUT2D eigenvalue weighted by Gasteiger charge is 2.31. The van der Waals surface area contributed by atoms with Crippen molar-refractivity contribution in [2.24, 2.45) is 0 Å². The molecule has 0 aromatic heterocycles. The summed E-state index contributed by atoms with van der Waals surface area (Å²) >= 11 is 3.34. The molecule has 0 spiro atoms. The van der Waals surface area contributed by atoms with Crippen molar-refractivity contribution in [2.75, 3.05) is 18.5 Å². The van der Waals surface area contributed by atoms with Gasteiger partial charge in [0.25, 0.3) is 5.91 Å². The van der Waals surface area contributed by atoms with Gasteiger partial charge in [-0.1, -0.05) is 48.5 Å². The topological polar surface area (TPSA) is 125 Å². The number of fused-ring (bicyclic) bond motifs is 3. The Hall–Kier alpha value is -3.69. The predicted molar refractivity (Wildman–Crippen MR) is 133 cm³/mol. The minimum atomic E-state index is -2.10. The van der Waals surface area contributed by atoms with Gasteiger partial charge >= 0.3 is 12.1 Å². The fraction of sp³-hybridized carbons (Fsp3) is 0.192. The van der Waals surface area contributed by atoms with Gasteiger partial charge in [0.15, 0.2) is 5.60 Å². The molecule has 1 atom stereocenters. The van der Waals surface area contributed by atoms with Crippen LogP contribution in [0.25, 0.3) is 11.1 Å². The van der Waals surface area contributed by atoms with Crippen LogP contribution in [0.5, 0.6) is 0 Å². The van der Waals surface area contributed by atoms with Crippen LogP contribution in [-0.4, -0.2) is 46.9 Å². The van der Waals surface area contributed by atoms with Crippen molar-refractivity contribution < 1.29 is 29.3 Å². The zero-order valence-corrected chi connectivity index (χ0v) is 20.3. The smallest absolute Gasteiger partial charge is 0.411 e. The van der Waals surface area contributed by atoms with Crippen LogP contribution < -0.4 is 10.6 Å². The number of hydrogen-bond acceptors (Lipinski definition) is 5. The summed E-state index contributed by atoms with van der Waals surface area (Å²) in [6, 6.07) is 20.5. The molecule has 2 amide bonds. The van der Waals surface area contributed by atoms with Crippen molar-refractivity contribution in [3.05, 3.63) is 87.9 Å². The molecule has 180 valence electrons. The first kappa shape index (κ1) is 24.4. The number of benzene rings is 3. The highest BCUT2D eigenvalue weighted by atomic mass is 79.9. The molecular weight excluding hydrogens is 516 g/mol. The van der Waals surface area contributed by atoms with Crippen LogP contribution >= 0.6 is 15.9 Å². The van der Waals surface area contributed by atoms with E-state index in [1.807, 2.05) is 36.4 Å². The number of carboxylic acids is 1. The van der Waals surface area contributed by atoms with Gasteiger partial charge in [0.1, 0.15) is 6.61 Å². The van der Waals surface area contributed by atoms with E-state index < -0.39 is 30.1 Å². The van der Waals surface area contributed by atoms with Crippen LogP contribution in [0.1, 0.15) is 34.3 Å². The van der Waals surface area contributed by atoms with Gasteiger partial charge in [0.05, 0.1) is 12.2 Å². The van der Waals surface area contributed by atoms with Crippen LogP contribution in [0, 0.1) is 0 Å². The van der Waals surface area contributed by atoms with Gasteiger partial charge in [-0.05, 0) is 63.3 Å². The SMILES string of the molecule is CC(O)(CNC(=O)c1ccc(Br)c(NC(=O)OCC2c3ccccc3-c3ccccc32)c1)C(=O)O. The third-order valence-corrected chi connectivity index (χ3v) is 6.55. The van der Waals surface area contributed by atoms with Gasteiger partial charge in [-0.25, -0.2) is 9.59 Å². The van der Waals surface area contributed by atoms with Gasteiger partial charge in [-0.3, -0.25) is 10.1 Å². The van der Waals surface area contributed by atoms with Crippen molar-refractivity contribution in [1.82, 2.24) is 5.32 Å². The second-order valence-corrected chi connectivity index (χ2v) is 9.26. The summed E-state index contributed by atoms with van der Waals surface area (Å²) < 4.78 is 6.08. The van der Waals surface area contributed by atoms with Crippen LogP contribution in [0.3, 0.4) is 0 Å². The summed E-state index contributed by atoms with van der Waals surface area (Å²) in [6.45, 7) is 0.746. The van der Waals surface area contributed by atoms with E-state index in [1.54, 1.807) is 6.07 Å². The third-order valence-electron chi connectivity index (χ3n) is 5.86. The minimum absolute atomic E-state index is 0.0873. The Morgan fingerprint density at radius 2 is 1.60 bits per heavy atom. The Balaban J connectivity index is 1.42. The summed E-state index contributed by atoms with van der Waals surface area (Å²) in [6.07, 6.45) is -0.682. The molecule has 0 bridgehead atoms. The third kappa shape index (κ3) is 5.21. The molecule has 8 nitrogen and oxygen atoms in total. The summed E-state index contributed by atoms with van der Waals surface area (Å²) in [5.41, 5.74) is 2.81. The zero-order valence-electron chi connectivity index (χ0n) is 18.7. The number of carbonyl (C=O) groups is 3. The van der Waals surface area contributed by atoms with Gasteiger partial charge in [-0.15, -0.1) is 0 Å². The average molecular weight is 539 g/mol. The number of halogens is 1. The molecule has 9 heteroatoms. The number of aliphatic carboxylic acids is 1. The quantitative estimate of drug-likeness (QED) is 0.354. The lowest BCUT2D eigenvalue weighted by molar-refractivity contribution is -0.155. The van der Waals surface area contributed by atoms with E-state index in [1.165, 1.54) is 12.1 Å². The predicted octanol–water partition coefficient (Wildman–Crippen LogP) is 4.38. The van der Waals surface area contributed by atoms with Crippen LogP contribution in [-0.2, 0) is 9.53 Å². The Morgan fingerprint density at radius 1 is 1.00 bits per heavy atom. The summed E-state index contributed by atoms with van der Waals surface area (Å²) in [5, 5.41) is 23.8. The zero-order chi connectivity index (χ0) is 25.2. The molecule has 3 aromatic rings. The number of rotatable bonds is 7. The van der Waals surface area contributed by atoms with Crippen molar-refractivity contribution in [1.29, 1.82) is 0 Å². The molecule has 1 unspecified atom stereocenters. The van der Waals surface area contributed by atoms with Crippen LogP contribution in [0.4, 0.5) is 10.5 Å². The molecule has 4 rings (SSSR count). The van der Waals surface area contributed by atoms with Gasteiger partial charge < -0.3 is 20.3 Å². The normalized spacial score (nSPS) is 13.8. The van der Waals surface area contributed by atoms with Crippen molar-refractivity contribution in [2.45, 2.75) is 18.4 Å². The number of carbonyl (C=O) groups excluding carboxylic acids is 2. The molecule has 35 heavy (non-hydrogen) atoms. The second-order valence-electron chi connectivity index (χ2n) is 8.41. The Kier molecular flexibility index (Phi) is 6.90. The second kappa shape index (κ2) is 9.89. The molecule has 0 fully saturated rings. The van der Waals surface area contributed by atoms with Crippen molar-refractivity contribution in [3.8, 4) is 11.1 Å². The number of carboxylic acid groups (broad SMARTS) is 1. The first-order valence-corrected chi connectivity index (χ1v) is 11.6. The van der Waals surface area contributed by atoms with Gasteiger partial charge in [0.2, 0.25) is 0 Å². The molecule has 0 radical (unpaired) electrons. The first-order valence-electron chi connectivity index (χ1n) is 10.8.